The van der Waals surface area contributed by atoms with Crippen molar-refractivity contribution in [3.05, 3.63) is 0 Å². The van der Waals surface area contributed by atoms with Crippen molar-refractivity contribution in [2.75, 3.05) is 139 Å². The second kappa shape index (κ2) is 49.1. The minimum atomic E-state index is -1.06. The van der Waals surface area contributed by atoms with Gasteiger partial charge in [0.05, 0.1) is 99.1 Å². The number of carbonyl (C=O) groups excluding carboxylic acids is 4. The molecule has 0 aromatic carbocycles. The fraction of sp³-hybridized carbons (Fsp3) is 0.776. The van der Waals surface area contributed by atoms with Gasteiger partial charge in [0, 0.05) is 57.3 Å². The van der Waals surface area contributed by atoms with E-state index in [1.165, 1.54) is 0 Å². The van der Waals surface area contributed by atoms with E-state index in [4.69, 9.17) is 67.0 Å². The topological polar surface area (TPSA) is 237 Å². The molecule has 0 saturated heterocycles. The highest BCUT2D eigenvalue weighted by molar-refractivity contribution is 5.80. The zero-order valence-corrected chi connectivity index (χ0v) is 40.6. The first kappa shape index (κ1) is 63.7. The van der Waals surface area contributed by atoms with E-state index in [9.17, 15) is 24.0 Å². The van der Waals surface area contributed by atoms with Gasteiger partial charge in [-0.15, -0.1) is 19.3 Å². The van der Waals surface area contributed by atoms with Crippen LogP contribution in [0.4, 0.5) is 0 Å². The van der Waals surface area contributed by atoms with Gasteiger partial charge >= 0.3 is 5.97 Å². The highest BCUT2D eigenvalue weighted by atomic mass is 16.6. The van der Waals surface area contributed by atoms with Crippen LogP contribution in [0.25, 0.3) is 0 Å². The second-order valence-electron chi connectivity index (χ2n) is 15.5. The standard InChI is InChI=1S/C49H82N4O15/c1-4-26-60-32-38-66-41-35-63-29-23-50-44(54)17-20-49(53-47(57)15-13-11-9-7-8-10-12-14-16-48(58)59,21-18-45(55)51-24-30-64-36-42-67-39-33-61-27-5-2)22-19-46(56)52-25-31-65-37-43-68-40-34-62-28-6-3/h1-3H,7-43H2,(H,50,54)(H,51,55)(H,52,56)(H,53,57)(H,58,59). The molecule has 68 heavy (non-hydrogen) atoms. The summed E-state index contributed by atoms with van der Waals surface area (Å²) in [6.45, 7) is 6.53. The van der Waals surface area contributed by atoms with Crippen LogP contribution >= 0.6 is 0 Å². The van der Waals surface area contributed by atoms with Gasteiger partial charge in [0.2, 0.25) is 23.6 Å². The molecule has 0 rings (SSSR count). The van der Waals surface area contributed by atoms with Crippen molar-refractivity contribution in [1.82, 2.24) is 21.3 Å². The van der Waals surface area contributed by atoms with Gasteiger partial charge in [-0.25, -0.2) is 0 Å². The monoisotopic (exact) mass is 967 g/mol. The molecule has 0 saturated carbocycles. The molecule has 0 aromatic rings. The Bertz CT molecular complexity index is 1290. The van der Waals surface area contributed by atoms with E-state index in [-0.39, 0.29) is 134 Å². The highest BCUT2D eigenvalue weighted by Crippen LogP contribution is 2.27. The van der Waals surface area contributed by atoms with Gasteiger partial charge in [0.15, 0.2) is 0 Å². The van der Waals surface area contributed by atoms with Crippen molar-refractivity contribution < 1.29 is 71.7 Å². The maximum atomic E-state index is 13.6. The smallest absolute Gasteiger partial charge is 0.303 e. The van der Waals surface area contributed by atoms with Gasteiger partial charge in [-0.3, -0.25) is 24.0 Å². The van der Waals surface area contributed by atoms with E-state index >= 15 is 0 Å². The summed E-state index contributed by atoms with van der Waals surface area (Å²) in [4.78, 5) is 63.9. The quantitative estimate of drug-likeness (QED) is 0.0435. The maximum Gasteiger partial charge on any atom is 0.303 e. The number of hydrogen-bond acceptors (Lipinski definition) is 14. The third-order valence-corrected chi connectivity index (χ3v) is 9.93. The summed E-state index contributed by atoms with van der Waals surface area (Å²) >= 11 is 0. The predicted molar refractivity (Wildman–Crippen MR) is 255 cm³/mol. The lowest BCUT2D eigenvalue weighted by Crippen LogP contribution is -2.50. The SMILES string of the molecule is C#CCOCCOCCOCCNC(=O)CCC(CCC(=O)NCCOCCOCCOCC#C)(CCC(=O)NCCOCCOCCOCC#C)NC(=O)CCCCCCCCCCC(=O)O. The first-order chi connectivity index (χ1) is 33.2. The predicted octanol–water partition coefficient (Wildman–Crippen LogP) is 2.57. The summed E-state index contributed by atoms with van der Waals surface area (Å²) in [6, 6.07) is 0. The zero-order valence-electron chi connectivity index (χ0n) is 40.6. The summed E-state index contributed by atoms with van der Waals surface area (Å²) in [5.74, 6) is 5.34. The summed E-state index contributed by atoms with van der Waals surface area (Å²) in [5, 5.41) is 20.6. The Hall–Kier alpha value is -4.33. The summed E-state index contributed by atoms with van der Waals surface area (Å²) < 4.78 is 48.4. The van der Waals surface area contributed by atoms with Gasteiger partial charge in [-0.1, -0.05) is 56.3 Å². The van der Waals surface area contributed by atoms with E-state index in [1.54, 1.807) is 0 Å². The lowest BCUT2D eigenvalue weighted by atomic mass is 9.82. The van der Waals surface area contributed by atoms with Crippen molar-refractivity contribution in [2.24, 2.45) is 0 Å². The highest BCUT2D eigenvalue weighted by Gasteiger charge is 2.33. The number of unbranched alkanes of at least 4 members (excludes halogenated alkanes) is 7. The molecule has 0 aromatic heterocycles. The van der Waals surface area contributed by atoms with Crippen LogP contribution in [0.3, 0.4) is 0 Å². The number of aliphatic carboxylic acids is 1. The number of amides is 4. The molecule has 0 aliphatic rings. The summed E-state index contributed by atoms with van der Waals surface area (Å²) in [7, 11) is 0. The van der Waals surface area contributed by atoms with Crippen LogP contribution in [0.15, 0.2) is 0 Å². The number of nitrogens with one attached hydrogen (secondary N) is 4. The number of hydrogen-bond donors (Lipinski definition) is 5. The molecular weight excluding hydrogens is 885 g/mol. The third kappa shape index (κ3) is 45.5. The van der Waals surface area contributed by atoms with Gasteiger partial charge in [-0.2, -0.15) is 0 Å². The number of carbonyl (C=O) groups is 5. The molecule has 0 radical (unpaired) electrons. The summed E-state index contributed by atoms with van der Waals surface area (Å²) in [6.07, 6.45) is 23.4. The van der Waals surface area contributed by atoms with Crippen molar-refractivity contribution in [3.8, 4) is 37.0 Å². The van der Waals surface area contributed by atoms with Gasteiger partial charge in [0.25, 0.3) is 0 Å². The molecular formula is C49H82N4O15. The Balaban J connectivity index is 5.48. The van der Waals surface area contributed by atoms with Crippen molar-refractivity contribution in [1.29, 1.82) is 0 Å². The van der Waals surface area contributed by atoms with Gasteiger partial charge < -0.3 is 69.0 Å². The van der Waals surface area contributed by atoms with Crippen molar-refractivity contribution in [2.45, 2.75) is 108 Å². The molecule has 0 aliphatic carbocycles. The zero-order chi connectivity index (χ0) is 49.9. The minimum Gasteiger partial charge on any atom is -0.481 e. The van der Waals surface area contributed by atoms with E-state index in [0.29, 0.717) is 92.1 Å². The fourth-order valence-corrected chi connectivity index (χ4v) is 6.37. The Labute approximate surface area is 405 Å². The Morgan fingerprint density at radius 1 is 0.368 bits per heavy atom. The van der Waals surface area contributed by atoms with Crippen LogP contribution in [-0.4, -0.2) is 179 Å². The first-order valence-electron chi connectivity index (χ1n) is 24.0. The molecule has 0 aliphatic heterocycles. The van der Waals surface area contributed by atoms with E-state index in [1.807, 2.05) is 0 Å². The maximum absolute atomic E-state index is 13.6. The van der Waals surface area contributed by atoms with E-state index < -0.39 is 11.5 Å². The van der Waals surface area contributed by atoms with Crippen LogP contribution in [0.1, 0.15) is 103 Å². The molecule has 0 bridgehead atoms. The molecule has 0 atom stereocenters. The number of carboxylic acids is 1. The lowest BCUT2D eigenvalue weighted by molar-refractivity contribution is -0.137. The van der Waals surface area contributed by atoms with Crippen LogP contribution in [0.2, 0.25) is 0 Å². The average molecular weight is 967 g/mol. The Morgan fingerprint density at radius 3 is 0.956 bits per heavy atom. The van der Waals surface area contributed by atoms with Crippen LogP contribution in [0, 0.1) is 37.0 Å². The molecule has 0 spiro atoms. The van der Waals surface area contributed by atoms with Crippen molar-refractivity contribution in [3.63, 3.8) is 0 Å². The molecule has 0 unspecified atom stereocenters. The number of rotatable bonds is 51. The van der Waals surface area contributed by atoms with Crippen LogP contribution in [0.5, 0.6) is 0 Å². The number of carboxylic acid groups (broad SMARTS) is 1. The fourth-order valence-electron chi connectivity index (χ4n) is 6.37. The Morgan fingerprint density at radius 2 is 0.647 bits per heavy atom. The van der Waals surface area contributed by atoms with Crippen LogP contribution in [-0.2, 0) is 66.6 Å². The van der Waals surface area contributed by atoms with Crippen LogP contribution < -0.4 is 21.3 Å². The van der Waals surface area contributed by atoms with E-state index in [2.05, 4.69) is 39.0 Å². The largest absolute Gasteiger partial charge is 0.481 e. The lowest BCUT2D eigenvalue weighted by Gasteiger charge is -2.35. The molecule has 5 N–H and O–H groups in total. The molecule has 0 fully saturated rings. The van der Waals surface area contributed by atoms with Gasteiger partial charge in [0.1, 0.15) is 19.8 Å². The molecule has 19 heteroatoms. The van der Waals surface area contributed by atoms with Crippen molar-refractivity contribution >= 4 is 29.6 Å². The summed E-state index contributed by atoms with van der Waals surface area (Å²) in [5.41, 5.74) is -1.06. The minimum absolute atomic E-state index is 0.0225. The second-order valence-corrected chi connectivity index (χ2v) is 15.5. The third-order valence-electron chi connectivity index (χ3n) is 9.93. The van der Waals surface area contributed by atoms with E-state index in [0.717, 1.165) is 38.5 Å². The molecule has 0 heterocycles. The number of terminal acetylenes is 3. The molecule has 388 valence electrons. The number of ether oxygens (including phenoxy) is 9. The Kier molecular flexibility index (Phi) is 46.0. The first-order valence-corrected chi connectivity index (χ1v) is 24.0. The average Bonchev–Trinajstić information content (AvgIpc) is 3.32. The molecule has 19 nitrogen and oxygen atoms in total. The van der Waals surface area contributed by atoms with Gasteiger partial charge in [-0.05, 0) is 32.1 Å². The molecule has 4 amide bonds. The normalized spacial score (nSPS) is 11.0.